The Labute approximate surface area is 124 Å². The lowest BCUT2D eigenvalue weighted by Gasteiger charge is -2.34. The van der Waals surface area contributed by atoms with Gasteiger partial charge >= 0.3 is 0 Å². The fourth-order valence-corrected chi connectivity index (χ4v) is 2.72. The molecule has 0 aromatic heterocycles. The summed E-state index contributed by atoms with van der Waals surface area (Å²) in [7, 11) is 3.75. The Morgan fingerprint density at radius 1 is 1.20 bits per heavy atom. The quantitative estimate of drug-likeness (QED) is 0.748. The van der Waals surface area contributed by atoms with Gasteiger partial charge in [0.1, 0.15) is 5.75 Å². The lowest BCUT2D eigenvalue weighted by Crippen LogP contribution is -2.42. The van der Waals surface area contributed by atoms with Crippen molar-refractivity contribution in [3.63, 3.8) is 0 Å². The van der Waals surface area contributed by atoms with Crippen molar-refractivity contribution in [3.8, 4) is 5.75 Å². The molecule has 0 bridgehead atoms. The summed E-state index contributed by atoms with van der Waals surface area (Å²) in [6.45, 7) is 9.06. The maximum absolute atomic E-state index is 5.23. The van der Waals surface area contributed by atoms with Crippen LogP contribution in [0.2, 0.25) is 0 Å². The van der Waals surface area contributed by atoms with Crippen molar-refractivity contribution in [2.24, 2.45) is 0 Å². The topological polar surface area (TPSA) is 24.5 Å². The molecule has 0 radical (unpaired) electrons. The number of likely N-dealkylation sites (N-methyl/N-ethyl adjacent to an activating group) is 2. The van der Waals surface area contributed by atoms with Crippen molar-refractivity contribution in [1.82, 2.24) is 10.2 Å². The van der Waals surface area contributed by atoms with E-state index in [9.17, 15) is 0 Å². The molecular formula is C17H30N2O. The van der Waals surface area contributed by atoms with E-state index in [-0.39, 0.29) is 0 Å². The molecule has 0 saturated heterocycles. The monoisotopic (exact) mass is 278 g/mol. The number of unbranched alkanes of at least 4 members (excludes halogenated alkanes) is 1. The summed E-state index contributed by atoms with van der Waals surface area (Å²) in [6, 6.07) is 9.21. The molecule has 1 aromatic carbocycles. The molecule has 0 amide bonds. The second-order valence-electron chi connectivity index (χ2n) is 5.26. The smallest absolute Gasteiger partial charge is 0.118 e. The lowest BCUT2D eigenvalue weighted by molar-refractivity contribution is 0.178. The Morgan fingerprint density at radius 3 is 2.30 bits per heavy atom. The van der Waals surface area contributed by atoms with Crippen molar-refractivity contribution in [2.45, 2.75) is 45.7 Å². The van der Waals surface area contributed by atoms with Gasteiger partial charge in [0.2, 0.25) is 0 Å². The highest BCUT2D eigenvalue weighted by molar-refractivity contribution is 5.29. The van der Waals surface area contributed by atoms with E-state index < -0.39 is 0 Å². The van der Waals surface area contributed by atoms with Crippen molar-refractivity contribution in [1.29, 1.82) is 0 Å². The number of methoxy groups -OCH3 is 1. The molecule has 0 aliphatic heterocycles. The standard InChI is InChI=1S/C17H30N2O/c1-6-8-13-19(7-2)14(3)17(18-4)15-9-11-16(20-5)12-10-15/h9-12,14,17-18H,6-8,13H2,1-5H3. The van der Waals surface area contributed by atoms with Crippen molar-refractivity contribution < 1.29 is 4.74 Å². The molecule has 1 N–H and O–H groups in total. The van der Waals surface area contributed by atoms with Gasteiger partial charge in [0.25, 0.3) is 0 Å². The molecule has 2 unspecified atom stereocenters. The predicted molar refractivity (Wildman–Crippen MR) is 86.4 cm³/mol. The number of hydrogen-bond donors (Lipinski definition) is 1. The van der Waals surface area contributed by atoms with E-state index in [1.807, 2.05) is 19.2 Å². The van der Waals surface area contributed by atoms with Crippen molar-refractivity contribution in [2.75, 3.05) is 27.2 Å². The van der Waals surface area contributed by atoms with Crippen LogP contribution >= 0.6 is 0 Å². The molecule has 0 aliphatic rings. The summed E-state index contributed by atoms with van der Waals surface area (Å²) in [6.07, 6.45) is 2.51. The van der Waals surface area contributed by atoms with Gasteiger partial charge in [-0.1, -0.05) is 32.4 Å². The molecule has 0 saturated carbocycles. The van der Waals surface area contributed by atoms with Crippen molar-refractivity contribution >= 4 is 0 Å². The molecule has 0 spiro atoms. The maximum atomic E-state index is 5.23. The number of hydrogen-bond acceptors (Lipinski definition) is 3. The zero-order chi connectivity index (χ0) is 15.0. The predicted octanol–water partition coefficient (Wildman–Crippen LogP) is 3.47. The number of nitrogens with one attached hydrogen (secondary N) is 1. The first-order valence-corrected chi connectivity index (χ1v) is 7.73. The molecule has 20 heavy (non-hydrogen) atoms. The second-order valence-corrected chi connectivity index (χ2v) is 5.26. The van der Waals surface area contributed by atoms with Gasteiger partial charge in [0.15, 0.2) is 0 Å². The fourth-order valence-electron chi connectivity index (χ4n) is 2.72. The summed E-state index contributed by atoms with van der Waals surface area (Å²) in [5.41, 5.74) is 1.32. The van der Waals surface area contributed by atoms with E-state index in [0.29, 0.717) is 12.1 Å². The summed E-state index contributed by atoms with van der Waals surface area (Å²) >= 11 is 0. The molecule has 3 nitrogen and oxygen atoms in total. The van der Waals surface area contributed by atoms with Crippen LogP contribution in [0.1, 0.15) is 45.2 Å². The number of rotatable bonds is 9. The summed E-state index contributed by atoms with van der Waals surface area (Å²) in [5, 5.41) is 3.46. The molecular weight excluding hydrogens is 248 g/mol. The number of nitrogens with zero attached hydrogens (tertiary/aromatic N) is 1. The van der Waals surface area contributed by atoms with Gasteiger partial charge < -0.3 is 10.1 Å². The molecule has 1 rings (SSSR count). The summed E-state index contributed by atoms with van der Waals surface area (Å²) in [4.78, 5) is 2.55. The van der Waals surface area contributed by atoms with E-state index in [1.54, 1.807) is 7.11 Å². The zero-order valence-electron chi connectivity index (χ0n) is 13.6. The summed E-state index contributed by atoms with van der Waals surface area (Å²) in [5.74, 6) is 0.912. The van der Waals surface area contributed by atoms with E-state index in [2.05, 4.69) is 43.1 Å². The number of ether oxygens (including phenoxy) is 1. The van der Waals surface area contributed by atoms with Gasteiger partial charge in [-0.15, -0.1) is 0 Å². The Bertz CT molecular complexity index is 364. The van der Waals surface area contributed by atoms with E-state index in [1.165, 1.54) is 24.9 Å². The van der Waals surface area contributed by atoms with Crippen LogP contribution in [0.15, 0.2) is 24.3 Å². The minimum Gasteiger partial charge on any atom is -0.497 e. The number of benzene rings is 1. The molecule has 0 aliphatic carbocycles. The van der Waals surface area contributed by atoms with Gasteiger partial charge in [-0.25, -0.2) is 0 Å². The minimum absolute atomic E-state index is 0.345. The van der Waals surface area contributed by atoms with E-state index >= 15 is 0 Å². The van der Waals surface area contributed by atoms with Crippen LogP contribution < -0.4 is 10.1 Å². The maximum Gasteiger partial charge on any atom is 0.118 e. The molecule has 0 fully saturated rings. The Hall–Kier alpha value is -1.06. The third kappa shape index (κ3) is 4.50. The van der Waals surface area contributed by atoms with Crippen LogP contribution in [0.5, 0.6) is 5.75 Å². The molecule has 3 heteroatoms. The van der Waals surface area contributed by atoms with Gasteiger partial charge in [-0.3, -0.25) is 4.90 Å². The fraction of sp³-hybridized carbons (Fsp3) is 0.647. The molecule has 2 atom stereocenters. The van der Waals surface area contributed by atoms with Crippen LogP contribution in [-0.2, 0) is 0 Å². The van der Waals surface area contributed by atoms with Crippen molar-refractivity contribution in [3.05, 3.63) is 29.8 Å². The Kier molecular flexibility index (Phi) is 7.63. The third-order valence-electron chi connectivity index (χ3n) is 4.05. The van der Waals surface area contributed by atoms with Crippen LogP contribution in [0, 0.1) is 0 Å². The summed E-state index contributed by atoms with van der Waals surface area (Å²) < 4.78 is 5.23. The average molecular weight is 278 g/mol. The Morgan fingerprint density at radius 2 is 1.85 bits per heavy atom. The van der Waals surface area contributed by atoms with E-state index in [0.717, 1.165) is 12.3 Å². The van der Waals surface area contributed by atoms with Gasteiger partial charge in [-0.05, 0) is 51.2 Å². The van der Waals surface area contributed by atoms with Gasteiger partial charge in [0, 0.05) is 12.1 Å². The zero-order valence-corrected chi connectivity index (χ0v) is 13.6. The molecule has 1 aromatic rings. The van der Waals surface area contributed by atoms with Crippen LogP contribution in [0.25, 0.3) is 0 Å². The average Bonchev–Trinajstić information content (AvgIpc) is 2.49. The van der Waals surface area contributed by atoms with Gasteiger partial charge in [-0.2, -0.15) is 0 Å². The minimum atomic E-state index is 0.345. The first-order chi connectivity index (χ1) is 9.67. The third-order valence-corrected chi connectivity index (χ3v) is 4.05. The van der Waals surface area contributed by atoms with E-state index in [4.69, 9.17) is 4.74 Å². The molecule has 114 valence electrons. The highest BCUT2D eigenvalue weighted by Gasteiger charge is 2.22. The first-order valence-electron chi connectivity index (χ1n) is 7.73. The largest absolute Gasteiger partial charge is 0.497 e. The SMILES string of the molecule is CCCCN(CC)C(C)C(NC)c1ccc(OC)cc1. The van der Waals surface area contributed by atoms with Crippen LogP contribution in [0.4, 0.5) is 0 Å². The lowest BCUT2D eigenvalue weighted by atomic mass is 9.99. The highest BCUT2D eigenvalue weighted by Crippen LogP contribution is 2.23. The van der Waals surface area contributed by atoms with Gasteiger partial charge in [0.05, 0.1) is 7.11 Å². The van der Waals surface area contributed by atoms with Crippen LogP contribution in [-0.4, -0.2) is 38.2 Å². The normalized spacial score (nSPS) is 14.3. The molecule has 0 heterocycles. The first kappa shape index (κ1) is 17.0. The van der Waals surface area contributed by atoms with Crippen LogP contribution in [0.3, 0.4) is 0 Å². The Balaban J connectivity index is 2.80. The highest BCUT2D eigenvalue weighted by atomic mass is 16.5. The second kappa shape index (κ2) is 8.98.